The number of rotatable bonds is 4. The summed E-state index contributed by atoms with van der Waals surface area (Å²) >= 11 is 0. The number of carbonyl (C=O) groups excluding carboxylic acids is 1. The fourth-order valence-electron chi connectivity index (χ4n) is 1.88. The molecule has 102 valence electrons. The van der Waals surface area contributed by atoms with E-state index in [4.69, 9.17) is 5.26 Å². The summed E-state index contributed by atoms with van der Waals surface area (Å²) in [7, 11) is 0. The molecule has 0 unspecified atom stereocenters. The lowest BCUT2D eigenvalue weighted by atomic mass is 10.0. The number of hydrogen-bond acceptors (Lipinski definition) is 4. The molecule has 2 heterocycles. The quantitative estimate of drug-likeness (QED) is 0.799. The molecule has 0 spiro atoms. The maximum absolute atomic E-state index is 12.2. The van der Waals surface area contributed by atoms with Gasteiger partial charge in [0.15, 0.2) is 11.6 Å². The van der Waals surface area contributed by atoms with E-state index in [0.717, 1.165) is 12.0 Å². The fraction of sp³-hybridized carbons (Fsp3) is 0.333. The number of nitrogens with zero attached hydrogens (tertiary/aromatic N) is 4. The molecule has 0 aliphatic heterocycles. The van der Waals surface area contributed by atoms with Gasteiger partial charge in [0.25, 0.3) is 0 Å². The van der Waals surface area contributed by atoms with Crippen molar-refractivity contribution in [2.45, 2.75) is 27.2 Å². The number of hydrogen-bond donors (Lipinski definition) is 0. The molecule has 0 aliphatic carbocycles. The van der Waals surface area contributed by atoms with Gasteiger partial charge in [-0.1, -0.05) is 26.8 Å². The van der Waals surface area contributed by atoms with Crippen LogP contribution in [0.3, 0.4) is 0 Å². The highest BCUT2D eigenvalue weighted by Gasteiger charge is 2.17. The third kappa shape index (κ3) is 2.59. The molecule has 0 N–H and O–H groups in total. The van der Waals surface area contributed by atoms with Crippen molar-refractivity contribution in [3.63, 3.8) is 0 Å². The summed E-state index contributed by atoms with van der Waals surface area (Å²) in [5, 5.41) is 12.9. The molecule has 5 nitrogen and oxygen atoms in total. The molecule has 0 atom stereocenters. The Labute approximate surface area is 117 Å². The monoisotopic (exact) mass is 268 g/mol. The first kappa shape index (κ1) is 13.9. The summed E-state index contributed by atoms with van der Waals surface area (Å²) < 4.78 is 1.51. The first-order valence-corrected chi connectivity index (χ1v) is 6.56. The highest BCUT2D eigenvalue weighted by atomic mass is 16.1. The maximum atomic E-state index is 12.2. The highest BCUT2D eigenvalue weighted by Crippen LogP contribution is 2.16. The number of carbonyl (C=O) groups is 1. The second kappa shape index (κ2) is 5.66. The van der Waals surface area contributed by atoms with E-state index >= 15 is 0 Å². The maximum Gasteiger partial charge on any atom is 0.184 e. The van der Waals surface area contributed by atoms with Crippen LogP contribution in [0.2, 0.25) is 0 Å². The topological polar surface area (TPSA) is 71.6 Å². The van der Waals surface area contributed by atoms with E-state index in [-0.39, 0.29) is 11.7 Å². The van der Waals surface area contributed by atoms with Crippen molar-refractivity contribution < 1.29 is 4.79 Å². The molecule has 2 rings (SSSR count). The normalized spacial score (nSPS) is 10.6. The first-order chi connectivity index (χ1) is 9.56. The third-order valence-corrected chi connectivity index (χ3v) is 3.05. The summed E-state index contributed by atoms with van der Waals surface area (Å²) in [4.78, 5) is 16.6. The zero-order valence-electron chi connectivity index (χ0n) is 11.8. The van der Waals surface area contributed by atoms with Crippen LogP contribution in [0.15, 0.2) is 24.5 Å². The predicted octanol–water partition coefficient (Wildman–Crippen LogP) is 2.54. The van der Waals surface area contributed by atoms with Crippen LogP contribution in [0.5, 0.6) is 0 Å². The van der Waals surface area contributed by atoms with Crippen molar-refractivity contribution >= 4 is 5.78 Å². The number of aromatic nitrogens is 3. The molecular formula is C15H16N4O. The Hall–Kier alpha value is -2.48. The molecule has 0 amide bonds. The van der Waals surface area contributed by atoms with Gasteiger partial charge in [0.2, 0.25) is 0 Å². The van der Waals surface area contributed by atoms with Gasteiger partial charge >= 0.3 is 0 Å². The zero-order chi connectivity index (χ0) is 14.7. The average Bonchev–Trinajstić information content (AvgIpc) is 2.94. The highest BCUT2D eigenvalue weighted by molar-refractivity contribution is 5.97. The molecule has 0 radical (unpaired) electrons. The average molecular weight is 268 g/mol. The largest absolute Gasteiger partial charge is 0.292 e. The number of ketones is 1. The van der Waals surface area contributed by atoms with E-state index in [0.29, 0.717) is 17.1 Å². The van der Waals surface area contributed by atoms with Crippen molar-refractivity contribution in [2.75, 3.05) is 0 Å². The molecule has 5 heteroatoms. The molecular weight excluding hydrogens is 252 g/mol. The van der Waals surface area contributed by atoms with E-state index in [9.17, 15) is 4.79 Å². The van der Waals surface area contributed by atoms with Gasteiger partial charge in [-0.05, 0) is 18.1 Å². The van der Waals surface area contributed by atoms with Crippen LogP contribution in [0.1, 0.15) is 42.4 Å². The molecule has 0 saturated carbocycles. The molecule has 20 heavy (non-hydrogen) atoms. The molecule has 0 aromatic carbocycles. The Balaban J connectivity index is 2.49. The summed E-state index contributed by atoms with van der Waals surface area (Å²) in [6, 6.07) is 5.72. The van der Waals surface area contributed by atoms with Crippen LogP contribution in [0, 0.1) is 17.2 Å². The number of pyridine rings is 1. The van der Waals surface area contributed by atoms with E-state index in [1.165, 1.54) is 10.9 Å². The number of Topliss-reactive ketones (excluding diaryl/α,β-unsaturated/α-hetero) is 1. The van der Waals surface area contributed by atoms with E-state index in [1.807, 2.05) is 39.0 Å². The zero-order valence-corrected chi connectivity index (χ0v) is 11.8. The lowest BCUT2D eigenvalue weighted by molar-refractivity contribution is 0.0933. The first-order valence-electron chi connectivity index (χ1n) is 6.56. The number of aryl methyl sites for hydroxylation is 1. The van der Waals surface area contributed by atoms with Crippen molar-refractivity contribution in [1.82, 2.24) is 14.8 Å². The van der Waals surface area contributed by atoms with Crippen molar-refractivity contribution in [2.24, 2.45) is 5.92 Å². The van der Waals surface area contributed by atoms with Crippen molar-refractivity contribution in [1.29, 1.82) is 5.26 Å². The molecule has 0 bridgehead atoms. The SMILES string of the molecule is CCc1ccc(-n2cc(C#N)cn2)nc1C(=O)C(C)C. The Morgan fingerprint density at radius 3 is 2.75 bits per heavy atom. The van der Waals surface area contributed by atoms with Crippen molar-refractivity contribution in [3.8, 4) is 11.9 Å². The van der Waals surface area contributed by atoms with E-state index < -0.39 is 0 Å². The van der Waals surface area contributed by atoms with Gasteiger partial charge in [-0.25, -0.2) is 9.67 Å². The minimum atomic E-state index is -0.102. The van der Waals surface area contributed by atoms with Gasteiger partial charge in [-0.15, -0.1) is 0 Å². The number of nitriles is 1. The molecule has 0 saturated heterocycles. The molecule has 2 aromatic rings. The predicted molar refractivity (Wildman–Crippen MR) is 74.6 cm³/mol. The summed E-state index contributed by atoms with van der Waals surface area (Å²) in [6.07, 6.45) is 3.82. The van der Waals surface area contributed by atoms with Gasteiger partial charge < -0.3 is 0 Å². The fourth-order valence-corrected chi connectivity index (χ4v) is 1.88. The minimum Gasteiger partial charge on any atom is -0.292 e. The van der Waals surface area contributed by atoms with Crippen LogP contribution in [-0.4, -0.2) is 20.5 Å². The van der Waals surface area contributed by atoms with E-state index in [2.05, 4.69) is 10.1 Å². The van der Waals surface area contributed by atoms with Gasteiger partial charge in [0.05, 0.1) is 18.0 Å². The lowest BCUT2D eigenvalue weighted by Crippen LogP contribution is -2.14. The van der Waals surface area contributed by atoms with Gasteiger partial charge in [-0.2, -0.15) is 10.4 Å². The Morgan fingerprint density at radius 1 is 1.45 bits per heavy atom. The third-order valence-electron chi connectivity index (χ3n) is 3.05. The Kier molecular flexibility index (Phi) is 3.94. The second-order valence-electron chi connectivity index (χ2n) is 4.84. The van der Waals surface area contributed by atoms with Gasteiger partial charge in [0.1, 0.15) is 11.8 Å². The smallest absolute Gasteiger partial charge is 0.184 e. The Morgan fingerprint density at radius 2 is 2.20 bits per heavy atom. The van der Waals surface area contributed by atoms with Crippen LogP contribution in [0.4, 0.5) is 0 Å². The van der Waals surface area contributed by atoms with Crippen LogP contribution in [-0.2, 0) is 6.42 Å². The van der Waals surface area contributed by atoms with Gasteiger partial charge in [0, 0.05) is 5.92 Å². The summed E-state index contributed by atoms with van der Waals surface area (Å²) in [5.41, 5.74) is 1.89. The lowest BCUT2D eigenvalue weighted by Gasteiger charge is -2.10. The van der Waals surface area contributed by atoms with Crippen LogP contribution in [0.25, 0.3) is 5.82 Å². The summed E-state index contributed by atoms with van der Waals surface area (Å²) in [5.74, 6) is 0.472. The van der Waals surface area contributed by atoms with Crippen LogP contribution < -0.4 is 0 Å². The van der Waals surface area contributed by atoms with Crippen molar-refractivity contribution in [3.05, 3.63) is 41.3 Å². The van der Waals surface area contributed by atoms with Crippen LogP contribution >= 0.6 is 0 Å². The van der Waals surface area contributed by atoms with Gasteiger partial charge in [-0.3, -0.25) is 4.79 Å². The molecule has 0 aliphatic rings. The van der Waals surface area contributed by atoms with E-state index in [1.54, 1.807) is 6.20 Å². The Bertz CT molecular complexity index is 679. The molecule has 0 fully saturated rings. The molecule has 2 aromatic heterocycles. The minimum absolute atomic E-state index is 0.0244. The standard InChI is InChI=1S/C15H16N4O/c1-4-12-5-6-13(18-14(12)15(20)10(2)3)19-9-11(7-16)8-17-19/h5-6,8-10H,4H2,1-3H3. The summed E-state index contributed by atoms with van der Waals surface area (Å²) in [6.45, 7) is 5.71. The second-order valence-corrected chi connectivity index (χ2v) is 4.84.